The Hall–Kier alpha value is -2.60. The Balaban J connectivity index is 0.00000145. The Kier molecular flexibility index (Phi) is 8.93. The average molecular weight is 458 g/mol. The third-order valence-corrected chi connectivity index (χ3v) is 4.75. The van der Waals surface area contributed by atoms with Gasteiger partial charge in [-0.25, -0.2) is 4.98 Å². The number of hydrogen-bond acceptors (Lipinski definition) is 5. The maximum atomic E-state index is 5.34. The highest BCUT2D eigenvalue weighted by molar-refractivity contribution is 9.10. The Bertz CT molecular complexity index is 884. The van der Waals surface area contributed by atoms with E-state index in [9.17, 15) is 0 Å². The van der Waals surface area contributed by atoms with Crippen molar-refractivity contribution >= 4 is 21.9 Å². The standard InChI is InChI=1S/C21H22BrN3O2.C2H6/c1-15-4-6-16(7-5-15)13-25(14-17-8-10-18(26-2)11-9-17)21-23-12-19(22)20(24-21)27-3;1-2/h4-12H,13-14H2,1-3H3;1-2H3. The van der Waals surface area contributed by atoms with Crippen LogP contribution in [0.25, 0.3) is 0 Å². The van der Waals surface area contributed by atoms with Gasteiger partial charge in [-0.1, -0.05) is 55.8 Å². The lowest BCUT2D eigenvalue weighted by molar-refractivity contribution is 0.393. The summed E-state index contributed by atoms with van der Waals surface area (Å²) in [6, 6.07) is 16.5. The lowest BCUT2D eigenvalue weighted by atomic mass is 10.1. The van der Waals surface area contributed by atoms with Crippen LogP contribution in [0.4, 0.5) is 5.95 Å². The van der Waals surface area contributed by atoms with Gasteiger partial charge in [0.25, 0.3) is 0 Å². The molecule has 0 radical (unpaired) electrons. The molecule has 0 fully saturated rings. The Morgan fingerprint density at radius 1 is 0.862 bits per heavy atom. The normalized spacial score (nSPS) is 10.0. The summed E-state index contributed by atoms with van der Waals surface area (Å²) < 4.78 is 11.3. The Morgan fingerprint density at radius 3 is 1.93 bits per heavy atom. The molecule has 0 atom stereocenters. The van der Waals surface area contributed by atoms with Gasteiger partial charge in [-0.15, -0.1) is 0 Å². The van der Waals surface area contributed by atoms with Gasteiger partial charge in [0, 0.05) is 13.1 Å². The molecule has 3 aromatic rings. The van der Waals surface area contributed by atoms with Crippen molar-refractivity contribution in [3.63, 3.8) is 0 Å². The van der Waals surface area contributed by atoms with E-state index in [1.54, 1.807) is 20.4 Å². The minimum atomic E-state index is 0.517. The molecule has 0 unspecified atom stereocenters. The van der Waals surface area contributed by atoms with E-state index < -0.39 is 0 Å². The monoisotopic (exact) mass is 457 g/mol. The average Bonchev–Trinajstić information content (AvgIpc) is 2.77. The fourth-order valence-electron chi connectivity index (χ4n) is 2.70. The van der Waals surface area contributed by atoms with Crippen LogP contribution < -0.4 is 14.4 Å². The number of benzene rings is 2. The van der Waals surface area contributed by atoms with Gasteiger partial charge in [0.15, 0.2) is 0 Å². The molecule has 1 heterocycles. The van der Waals surface area contributed by atoms with Crippen LogP contribution in [0.15, 0.2) is 59.2 Å². The number of methoxy groups -OCH3 is 2. The highest BCUT2D eigenvalue weighted by Crippen LogP contribution is 2.25. The smallest absolute Gasteiger partial charge is 0.232 e. The van der Waals surface area contributed by atoms with Crippen molar-refractivity contribution in [1.29, 1.82) is 0 Å². The van der Waals surface area contributed by atoms with Crippen LogP contribution in [0.5, 0.6) is 11.6 Å². The van der Waals surface area contributed by atoms with Crippen molar-refractivity contribution in [3.8, 4) is 11.6 Å². The molecule has 0 aliphatic carbocycles. The van der Waals surface area contributed by atoms with Gasteiger partial charge >= 0.3 is 0 Å². The van der Waals surface area contributed by atoms with Gasteiger partial charge in [-0.3, -0.25) is 0 Å². The lowest BCUT2D eigenvalue weighted by Gasteiger charge is -2.23. The summed E-state index contributed by atoms with van der Waals surface area (Å²) >= 11 is 3.41. The van der Waals surface area contributed by atoms with Crippen molar-refractivity contribution < 1.29 is 9.47 Å². The maximum absolute atomic E-state index is 5.34. The maximum Gasteiger partial charge on any atom is 0.232 e. The number of rotatable bonds is 7. The summed E-state index contributed by atoms with van der Waals surface area (Å²) in [5, 5.41) is 0. The first-order valence-electron chi connectivity index (χ1n) is 9.59. The second-order valence-corrected chi connectivity index (χ2v) is 7.07. The minimum Gasteiger partial charge on any atom is -0.497 e. The number of halogens is 1. The summed E-state index contributed by atoms with van der Waals surface area (Å²) in [6.07, 6.45) is 1.72. The van der Waals surface area contributed by atoms with Crippen LogP contribution in [-0.4, -0.2) is 24.2 Å². The van der Waals surface area contributed by atoms with E-state index in [1.165, 1.54) is 11.1 Å². The molecule has 0 saturated carbocycles. The number of anilines is 1. The molecule has 0 aliphatic heterocycles. The fourth-order valence-corrected chi connectivity index (χ4v) is 3.05. The molecule has 0 spiro atoms. The van der Waals surface area contributed by atoms with E-state index in [0.717, 1.165) is 15.8 Å². The zero-order valence-electron chi connectivity index (χ0n) is 17.6. The molecule has 6 heteroatoms. The van der Waals surface area contributed by atoms with Crippen molar-refractivity contribution in [3.05, 3.63) is 75.9 Å². The van der Waals surface area contributed by atoms with Gasteiger partial charge in [0.1, 0.15) is 5.75 Å². The molecule has 3 rings (SSSR count). The molecule has 29 heavy (non-hydrogen) atoms. The summed E-state index contributed by atoms with van der Waals surface area (Å²) in [4.78, 5) is 11.2. The van der Waals surface area contributed by atoms with Gasteiger partial charge in [0.2, 0.25) is 11.8 Å². The molecule has 154 valence electrons. The third-order valence-electron chi connectivity index (χ3n) is 4.20. The van der Waals surface area contributed by atoms with E-state index >= 15 is 0 Å². The Morgan fingerprint density at radius 2 is 1.41 bits per heavy atom. The number of ether oxygens (including phenoxy) is 2. The molecular weight excluding hydrogens is 430 g/mol. The molecule has 0 saturated heterocycles. The largest absolute Gasteiger partial charge is 0.497 e. The highest BCUT2D eigenvalue weighted by atomic mass is 79.9. The zero-order chi connectivity index (χ0) is 21.2. The molecule has 0 bridgehead atoms. The fraction of sp³-hybridized carbons (Fsp3) is 0.304. The van der Waals surface area contributed by atoms with E-state index in [2.05, 4.69) is 74.1 Å². The number of nitrogens with zero attached hydrogens (tertiary/aromatic N) is 3. The summed E-state index contributed by atoms with van der Waals surface area (Å²) in [7, 11) is 3.27. The van der Waals surface area contributed by atoms with Crippen LogP contribution in [0, 0.1) is 6.92 Å². The first-order chi connectivity index (χ1) is 14.1. The topological polar surface area (TPSA) is 47.5 Å². The second-order valence-electron chi connectivity index (χ2n) is 6.22. The predicted octanol–water partition coefficient (Wildman–Crippen LogP) is 5.80. The van der Waals surface area contributed by atoms with E-state index in [-0.39, 0.29) is 0 Å². The number of aryl methyl sites for hydroxylation is 1. The molecule has 0 aliphatic rings. The van der Waals surface area contributed by atoms with Crippen LogP contribution in [0.2, 0.25) is 0 Å². The van der Waals surface area contributed by atoms with Crippen molar-refractivity contribution in [2.45, 2.75) is 33.9 Å². The molecule has 0 N–H and O–H groups in total. The molecule has 0 amide bonds. The van der Waals surface area contributed by atoms with Gasteiger partial charge in [-0.05, 0) is 46.1 Å². The molecule has 5 nitrogen and oxygen atoms in total. The SMILES string of the molecule is CC.COc1ccc(CN(Cc2ccc(C)cc2)c2ncc(Br)c(OC)n2)cc1. The van der Waals surface area contributed by atoms with Crippen LogP contribution in [0.1, 0.15) is 30.5 Å². The molecule has 1 aromatic heterocycles. The number of aromatic nitrogens is 2. The first kappa shape index (κ1) is 22.7. The third kappa shape index (κ3) is 6.46. The van der Waals surface area contributed by atoms with E-state index in [1.807, 2.05) is 26.0 Å². The quantitative estimate of drug-likeness (QED) is 0.448. The number of hydrogen-bond donors (Lipinski definition) is 0. The predicted molar refractivity (Wildman–Crippen MR) is 122 cm³/mol. The van der Waals surface area contributed by atoms with Crippen LogP contribution >= 0.6 is 15.9 Å². The highest BCUT2D eigenvalue weighted by Gasteiger charge is 2.14. The van der Waals surface area contributed by atoms with Crippen molar-refractivity contribution in [2.24, 2.45) is 0 Å². The minimum absolute atomic E-state index is 0.517. The first-order valence-corrected chi connectivity index (χ1v) is 10.4. The molecular formula is C23H28BrN3O2. The molecule has 2 aromatic carbocycles. The van der Waals surface area contributed by atoms with Crippen molar-refractivity contribution in [2.75, 3.05) is 19.1 Å². The van der Waals surface area contributed by atoms with Crippen LogP contribution in [0.3, 0.4) is 0 Å². The summed E-state index contributed by atoms with van der Waals surface area (Å²) in [5.41, 5.74) is 3.58. The summed E-state index contributed by atoms with van der Waals surface area (Å²) in [6.45, 7) is 7.45. The second kappa shape index (κ2) is 11.4. The van der Waals surface area contributed by atoms with Gasteiger partial charge in [0.05, 0.1) is 24.9 Å². The van der Waals surface area contributed by atoms with E-state index in [4.69, 9.17) is 9.47 Å². The van der Waals surface area contributed by atoms with E-state index in [0.29, 0.717) is 24.9 Å². The van der Waals surface area contributed by atoms with Gasteiger partial charge < -0.3 is 14.4 Å². The lowest BCUT2D eigenvalue weighted by Crippen LogP contribution is -2.24. The van der Waals surface area contributed by atoms with Crippen molar-refractivity contribution in [1.82, 2.24) is 9.97 Å². The summed E-state index contributed by atoms with van der Waals surface area (Å²) in [5.74, 6) is 1.97. The van der Waals surface area contributed by atoms with Gasteiger partial charge in [-0.2, -0.15) is 4.98 Å². The zero-order valence-corrected chi connectivity index (χ0v) is 19.2. The Labute approximate surface area is 181 Å². The van der Waals surface area contributed by atoms with Crippen LogP contribution in [-0.2, 0) is 13.1 Å².